The van der Waals surface area contributed by atoms with E-state index in [1.165, 1.54) is 18.5 Å². The first-order valence-corrected chi connectivity index (χ1v) is 7.48. The van der Waals surface area contributed by atoms with E-state index in [1.807, 2.05) is 0 Å². The number of aliphatic hydroxyl groups is 1. The minimum atomic E-state index is -3.37. The Morgan fingerprint density at radius 3 is 2.84 bits per heavy atom. The number of hydrogen-bond acceptors (Lipinski definition) is 6. The lowest BCUT2D eigenvalue weighted by atomic mass is 10.3. The Bertz CT molecular complexity index is 638. The molecule has 2 rings (SSSR count). The van der Waals surface area contributed by atoms with Gasteiger partial charge in [-0.05, 0) is 24.3 Å². The van der Waals surface area contributed by atoms with Crippen LogP contribution in [0, 0.1) is 0 Å². The molecule has 0 aliphatic carbocycles. The predicted molar refractivity (Wildman–Crippen MR) is 69.5 cm³/mol. The fourth-order valence-electron chi connectivity index (χ4n) is 1.60. The number of furan rings is 1. The second-order valence-electron chi connectivity index (χ2n) is 4.03. The summed E-state index contributed by atoms with van der Waals surface area (Å²) in [5.41, 5.74) is 0. The third-order valence-electron chi connectivity index (χ3n) is 2.50. The van der Waals surface area contributed by atoms with Gasteiger partial charge in [0.15, 0.2) is 9.84 Å². The lowest BCUT2D eigenvalue weighted by Gasteiger charge is -2.12. The van der Waals surface area contributed by atoms with Crippen LogP contribution in [-0.4, -0.2) is 31.3 Å². The lowest BCUT2D eigenvalue weighted by molar-refractivity contribution is 0.162. The van der Waals surface area contributed by atoms with E-state index >= 15 is 0 Å². The largest absolute Gasteiger partial charge is 0.467 e. The maximum Gasteiger partial charge on any atom is 0.179 e. The molecule has 2 aromatic rings. The molecule has 0 aliphatic rings. The zero-order valence-electron chi connectivity index (χ0n) is 10.3. The van der Waals surface area contributed by atoms with Crippen molar-refractivity contribution in [3.05, 3.63) is 42.5 Å². The first-order valence-electron chi connectivity index (χ1n) is 5.59. The van der Waals surface area contributed by atoms with Crippen molar-refractivity contribution >= 4 is 15.7 Å². The van der Waals surface area contributed by atoms with Crippen LogP contribution in [0.1, 0.15) is 11.9 Å². The number of anilines is 1. The fourth-order valence-corrected chi connectivity index (χ4v) is 2.40. The minimum Gasteiger partial charge on any atom is -0.467 e. The SMILES string of the molecule is CS(=O)(=O)c1cccnc1NCC(O)c1ccco1. The van der Waals surface area contributed by atoms with E-state index in [4.69, 9.17) is 4.42 Å². The third-order valence-corrected chi connectivity index (χ3v) is 3.63. The molecule has 19 heavy (non-hydrogen) atoms. The van der Waals surface area contributed by atoms with E-state index in [0.717, 1.165) is 6.26 Å². The number of aliphatic hydroxyl groups excluding tert-OH is 1. The van der Waals surface area contributed by atoms with E-state index < -0.39 is 15.9 Å². The number of nitrogens with one attached hydrogen (secondary N) is 1. The van der Waals surface area contributed by atoms with Crippen molar-refractivity contribution in [2.45, 2.75) is 11.0 Å². The molecule has 0 saturated carbocycles. The summed E-state index contributed by atoms with van der Waals surface area (Å²) in [5.74, 6) is 0.625. The number of nitrogens with zero attached hydrogens (tertiary/aromatic N) is 1. The van der Waals surface area contributed by atoms with Crippen LogP contribution in [0.3, 0.4) is 0 Å². The van der Waals surface area contributed by atoms with Gasteiger partial charge in [-0.2, -0.15) is 0 Å². The lowest BCUT2D eigenvalue weighted by Crippen LogP contribution is -2.14. The Labute approximate surface area is 111 Å². The maximum atomic E-state index is 11.6. The van der Waals surface area contributed by atoms with Crippen LogP contribution in [0.4, 0.5) is 5.82 Å². The Hall–Kier alpha value is -1.86. The molecule has 0 bridgehead atoms. The molecule has 2 heterocycles. The first kappa shape index (κ1) is 13.6. The average Bonchev–Trinajstić information content (AvgIpc) is 2.89. The molecule has 0 radical (unpaired) electrons. The molecule has 0 aromatic carbocycles. The second-order valence-corrected chi connectivity index (χ2v) is 6.02. The molecule has 7 heteroatoms. The van der Waals surface area contributed by atoms with Gasteiger partial charge in [-0.3, -0.25) is 0 Å². The highest BCUT2D eigenvalue weighted by molar-refractivity contribution is 7.90. The van der Waals surface area contributed by atoms with E-state index in [1.54, 1.807) is 18.2 Å². The zero-order valence-corrected chi connectivity index (χ0v) is 11.1. The Kier molecular flexibility index (Phi) is 3.87. The summed E-state index contributed by atoms with van der Waals surface area (Å²) < 4.78 is 28.2. The van der Waals surface area contributed by atoms with Crippen LogP contribution < -0.4 is 5.32 Å². The number of aromatic nitrogens is 1. The average molecular weight is 282 g/mol. The predicted octanol–water partition coefficient (Wildman–Crippen LogP) is 1.22. The number of rotatable bonds is 5. The molecule has 2 aromatic heterocycles. The summed E-state index contributed by atoms with van der Waals surface area (Å²) in [7, 11) is -3.37. The monoisotopic (exact) mass is 282 g/mol. The van der Waals surface area contributed by atoms with Crippen molar-refractivity contribution in [2.75, 3.05) is 18.1 Å². The molecule has 0 saturated heterocycles. The summed E-state index contributed by atoms with van der Waals surface area (Å²) >= 11 is 0. The van der Waals surface area contributed by atoms with Crippen LogP contribution in [0.5, 0.6) is 0 Å². The smallest absolute Gasteiger partial charge is 0.179 e. The molecular formula is C12H14N2O4S. The number of pyridine rings is 1. The molecule has 0 fully saturated rings. The standard InChI is InChI=1S/C12H14N2O4S/c1-19(16,17)11-5-2-6-13-12(11)14-8-9(15)10-4-3-7-18-10/h2-7,9,15H,8H2,1H3,(H,13,14). The molecule has 6 nitrogen and oxygen atoms in total. The molecule has 102 valence electrons. The highest BCUT2D eigenvalue weighted by Gasteiger charge is 2.16. The van der Waals surface area contributed by atoms with Crippen molar-refractivity contribution in [1.82, 2.24) is 4.98 Å². The van der Waals surface area contributed by atoms with Gasteiger partial charge in [-0.15, -0.1) is 0 Å². The number of sulfone groups is 1. The van der Waals surface area contributed by atoms with E-state index in [0.29, 0.717) is 5.76 Å². The van der Waals surface area contributed by atoms with Gasteiger partial charge in [0.25, 0.3) is 0 Å². The fraction of sp³-hybridized carbons (Fsp3) is 0.250. The normalized spacial score (nSPS) is 13.2. The van der Waals surface area contributed by atoms with Crippen LogP contribution >= 0.6 is 0 Å². The minimum absolute atomic E-state index is 0.0987. The van der Waals surface area contributed by atoms with Gasteiger partial charge >= 0.3 is 0 Å². The van der Waals surface area contributed by atoms with Gasteiger partial charge in [-0.25, -0.2) is 13.4 Å². The van der Waals surface area contributed by atoms with Crippen molar-refractivity contribution < 1.29 is 17.9 Å². The Morgan fingerprint density at radius 2 is 2.21 bits per heavy atom. The van der Waals surface area contributed by atoms with Crippen LogP contribution in [0.25, 0.3) is 0 Å². The summed E-state index contributed by atoms with van der Waals surface area (Å²) in [6.45, 7) is 0.104. The van der Waals surface area contributed by atoms with E-state index in [2.05, 4.69) is 10.3 Å². The van der Waals surface area contributed by atoms with E-state index in [9.17, 15) is 13.5 Å². The van der Waals surface area contributed by atoms with Crippen LogP contribution in [0.15, 0.2) is 46.0 Å². The summed E-state index contributed by atoms with van der Waals surface area (Å²) in [6.07, 6.45) is 3.18. The molecule has 1 atom stereocenters. The van der Waals surface area contributed by atoms with Gasteiger partial charge in [-0.1, -0.05) is 0 Å². The molecule has 0 aliphatic heterocycles. The molecule has 0 spiro atoms. The van der Waals surface area contributed by atoms with Crippen LogP contribution in [-0.2, 0) is 9.84 Å². The van der Waals surface area contributed by atoms with Gasteiger partial charge in [0, 0.05) is 19.0 Å². The van der Waals surface area contributed by atoms with Crippen molar-refractivity contribution in [1.29, 1.82) is 0 Å². The molecule has 1 unspecified atom stereocenters. The molecule has 0 amide bonds. The highest BCUT2D eigenvalue weighted by atomic mass is 32.2. The van der Waals surface area contributed by atoms with Crippen molar-refractivity contribution in [3.63, 3.8) is 0 Å². The van der Waals surface area contributed by atoms with Crippen molar-refractivity contribution in [2.24, 2.45) is 0 Å². The summed E-state index contributed by atoms with van der Waals surface area (Å²) in [6, 6.07) is 6.32. The first-order chi connectivity index (χ1) is 8.98. The Morgan fingerprint density at radius 1 is 1.42 bits per heavy atom. The van der Waals surface area contributed by atoms with Gasteiger partial charge < -0.3 is 14.8 Å². The summed E-state index contributed by atoms with van der Waals surface area (Å²) in [5, 5.41) is 12.6. The number of hydrogen-bond donors (Lipinski definition) is 2. The van der Waals surface area contributed by atoms with E-state index in [-0.39, 0.29) is 17.3 Å². The second kappa shape index (κ2) is 5.41. The molecule has 2 N–H and O–H groups in total. The van der Waals surface area contributed by atoms with Gasteiger partial charge in [0.05, 0.1) is 6.26 Å². The quantitative estimate of drug-likeness (QED) is 0.856. The summed E-state index contributed by atoms with van der Waals surface area (Å²) in [4.78, 5) is 4.07. The van der Waals surface area contributed by atoms with Gasteiger partial charge in [0.1, 0.15) is 22.6 Å². The third kappa shape index (κ3) is 3.33. The maximum absolute atomic E-state index is 11.6. The van der Waals surface area contributed by atoms with Crippen molar-refractivity contribution in [3.8, 4) is 0 Å². The van der Waals surface area contributed by atoms with Gasteiger partial charge in [0.2, 0.25) is 0 Å². The molecular weight excluding hydrogens is 268 g/mol. The topological polar surface area (TPSA) is 92.4 Å². The zero-order chi connectivity index (χ0) is 13.9. The van der Waals surface area contributed by atoms with Crippen LogP contribution in [0.2, 0.25) is 0 Å². The Balaban J connectivity index is 2.12. The highest BCUT2D eigenvalue weighted by Crippen LogP contribution is 2.19.